The lowest BCUT2D eigenvalue weighted by molar-refractivity contribution is 0.0679. The molecule has 0 aliphatic heterocycles. The topological polar surface area (TPSA) is 29.5 Å². The van der Waals surface area contributed by atoms with E-state index in [9.17, 15) is 13.6 Å². The van der Waals surface area contributed by atoms with Gasteiger partial charge in [-0.05, 0) is 17.7 Å². The summed E-state index contributed by atoms with van der Waals surface area (Å²) in [6.07, 6.45) is 0. The molecule has 2 aromatic carbocycles. The van der Waals surface area contributed by atoms with Crippen LogP contribution in [0.25, 0.3) is 0 Å². The molecule has 22 heavy (non-hydrogen) atoms. The lowest BCUT2D eigenvalue weighted by Gasteiger charge is -2.22. The Morgan fingerprint density at radius 3 is 2.32 bits per heavy atom. The minimum absolute atomic E-state index is 0.00969. The highest BCUT2D eigenvalue weighted by Gasteiger charge is 2.17. The number of carbonyl (C=O) groups is 1. The van der Waals surface area contributed by atoms with Crippen LogP contribution in [0.3, 0.4) is 0 Å². The summed E-state index contributed by atoms with van der Waals surface area (Å²) in [5, 5.41) is 0. The molecule has 0 fully saturated rings. The zero-order valence-corrected chi connectivity index (χ0v) is 12.3. The second-order valence-corrected chi connectivity index (χ2v) is 4.86. The number of amides is 1. The third-order valence-corrected chi connectivity index (χ3v) is 3.18. The number of halogens is 2. The average Bonchev–Trinajstić information content (AvgIpc) is 2.50. The van der Waals surface area contributed by atoms with E-state index in [2.05, 4.69) is 0 Å². The van der Waals surface area contributed by atoms with Crippen molar-refractivity contribution >= 4 is 5.91 Å². The zero-order chi connectivity index (χ0) is 15.9. The summed E-state index contributed by atoms with van der Waals surface area (Å²) in [4.78, 5) is 14.0. The first-order valence-corrected chi connectivity index (χ1v) is 6.88. The Balaban J connectivity index is 2.21. The first-order valence-electron chi connectivity index (χ1n) is 6.88. The van der Waals surface area contributed by atoms with Crippen LogP contribution in [-0.4, -0.2) is 31.1 Å². The second kappa shape index (κ2) is 7.66. The van der Waals surface area contributed by atoms with Crippen molar-refractivity contribution in [1.82, 2.24) is 4.90 Å². The van der Waals surface area contributed by atoms with Crippen molar-refractivity contribution < 1.29 is 18.3 Å². The van der Waals surface area contributed by atoms with E-state index in [1.54, 1.807) is 0 Å². The van der Waals surface area contributed by atoms with Crippen LogP contribution in [0.5, 0.6) is 0 Å². The lowest BCUT2D eigenvalue weighted by Crippen LogP contribution is -2.33. The number of carbonyl (C=O) groups excluding carboxylic acids is 1. The van der Waals surface area contributed by atoms with Gasteiger partial charge in [0.1, 0.15) is 11.6 Å². The van der Waals surface area contributed by atoms with Gasteiger partial charge in [0.2, 0.25) is 0 Å². The molecule has 0 atom stereocenters. The van der Waals surface area contributed by atoms with Crippen molar-refractivity contribution in [3.8, 4) is 0 Å². The molecular formula is C17H17F2NO2. The van der Waals surface area contributed by atoms with Crippen molar-refractivity contribution in [2.24, 2.45) is 0 Å². The van der Waals surface area contributed by atoms with Crippen molar-refractivity contribution in [3.63, 3.8) is 0 Å². The largest absolute Gasteiger partial charge is 0.383 e. The summed E-state index contributed by atoms with van der Waals surface area (Å²) < 4.78 is 31.6. The Labute approximate surface area is 128 Å². The molecule has 5 heteroatoms. The van der Waals surface area contributed by atoms with Crippen LogP contribution in [-0.2, 0) is 11.3 Å². The Morgan fingerprint density at radius 2 is 1.73 bits per heavy atom. The van der Waals surface area contributed by atoms with E-state index in [0.717, 1.165) is 23.8 Å². The Morgan fingerprint density at radius 1 is 1.09 bits per heavy atom. The first kappa shape index (κ1) is 16.1. The zero-order valence-electron chi connectivity index (χ0n) is 12.3. The summed E-state index contributed by atoms with van der Waals surface area (Å²) in [6, 6.07) is 12.2. The van der Waals surface area contributed by atoms with Crippen molar-refractivity contribution in [1.29, 1.82) is 0 Å². The predicted octanol–water partition coefficient (Wildman–Crippen LogP) is 3.25. The maximum atomic E-state index is 13.3. The molecule has 2 rings (SSSR count). The van der Waals surface area contributed by atoms with E-state index in [1.807, 2.05) is 30.3 Å². The number of ether oxygens (including phenoxy) is 1. The molecule has 0 aliphatic rings. The lowest BCUT2D eigenvalue weighted by atomic mass is 10.1. The number of hydrogen-bond donors (Lipinski definition) is 0. The van der Waals surface area contributed by atoms with Gasteiger partial charge in [-0.25, -0.2) is 8.78 Å². The molecule has 0 aliphatic carbocycles. The summed E-state index contributed by atoms with van der Waals surface area (Å²) in [5.74, 6) is -1.97. The number of nitrogens with zero attached hydrogens (tertiary/aromatic N) is 1. The van der Waals surface area contributed by atoms with E-state index in [0.29, 0.717) is 19.7 Å². The molecule has 0 N–H and O–H groups in total. The minimum atomic E-state index is -0.769. The Bertz CT molecular complexity index is 612. The average molecular weight is 305 g/mol. The maximum absolute atomic E-state index is 13.3. The van der Waals surface area contributed by atoms with Gasteiger partial charge in [-0.1, -0.05) is 30.3 Å². The van der Waals surface area contributed by atoms with E-state index < -0.39 is 17.5 Å². The molecule has 3 nitrogen and oxygen atoms in total. The quantitative estimate of drug-likeness (QED) is 0.820. The first-order chi connectivity index (χ1) is 10.6. The van der Waals surface area contributed by atoms with Gasteiger partial charge >= 0.3 is 0 Å². The van der Waals surface area contributed by atoms with Crippen molar-refractivity contribution in [2.45, 2.75) is 6.54 Å². The van der Waals surface area contributed by atoms with Crippen molar-refractivity contribution in [3.05, 3.63) is 71.3 Å². The number of benzene rings is 2. The highest BCUT2D eigenvalue weighted by molar-refractivity contribution is 5.94. The highest BCUT2D eigenvalue weighted by atomic mass is 19.1. The molecule has 0 aromatic heterocycles. The number of hydrogen-bond acceptors (Lipinski definition) is 2. The molecule has 1 amide bonds. The van der Waals surface area contributed by atoms with Crippen LogP contribution in [0.1, 0.15) is 15.9 Å². The number of methoxy groups -OCH3 is 1. The van der Waals surface area contributed by atoms with Gasteiger partial charge in [0, 0.05) is 31.8 Å². The van der Waals surface area contributed by atoms with Crippen LogP contribution in [0.15, 0.2) is 48.5 Å². The highest BCUT2D eigenvalue weighted by Crippen LogP contribution is 2.13. The standard InChI is InChI=1S/C17H17F2NO2/c1-22-8-7-20(12-13-5-3-2-4-6-13)17(21)14-9-15(18)11-16(19)10-14/h2-6,9-11H,7-8,12H2,1H3. The molecule has 0 saturated carbocycles. The summed E-state index contributed by atoms with van der Waals surface area (Å²) >= 11 is 0. The smallest absolute Gasteiger partial charge is 0.254 e. The van der Waals surface area contributed by atoms with Crippen LogP contribution < -0.4 is 0 Å². The predicted molar refractivity (Wildman–Crippen MR) is 79.4 cm³/mol. The van der Waals surface area contributed by atoms with E-state index in [1.165, 1.54) is 12.0 Å². The number of rotatable bonds is 6. The van der Waals surface area contributed by atoms with E-state index in [4.69, 9.17) is 4.74 Å². The van der Waals surface area contributed by atoms with Crippen molar-refractivity contribution in [2.75, 3.05) is 20.3 Å². The molecule has 0 unspecified atom stereocenters. The molecule has 0 bridgehead atoms. The van der Waals surface area contributed by atoms with Gasteiger partial charge in [0.05, 0.1) is 6.61 Å². The third-order valence-electron chi connectivity index (χ3n) is 3.18. The van der Waals surface area contributed by atoms with E-state index in [-0.39, 0.29) is 5.56 Å². The van der Waals surface area contributed by atoms with E-state index >= 15 is 0 Å². The SMILES string of the molecule is COCCN(Cc1ccccc1)C(=O)c1cc(F)cc(F)c1. The molecule has 0 heterocycles. The summed E-state index contributed by atoms with van der Waals surface area (Å²) in [7, 11) is 1.53. The molecule has 0 saturated heterocycles. The monoisotopic (exact) mass is 305 g/mol. The molecular weight excluding hydrogens is 288 g/mol. The fourth-order valence-electron chi connectivity index (χ4n) is 2.12. The molecule has 0 radical (unpaired) electrons. The molecule has 2 aromatic rings. The van der Waals surface area contributed by atoms with Crippen LogP contribution in [0.2, 0.25) is 0 Å². The Kier molecular flexibility index (Phi) is 5.61. The Hall–Kier alpha value is -2.27. The fourth-order valence-corrected chi connectivity index (χ4v) is 2.12. The van der Waals surface area contributed by atoms with Gasteiger partial charge in [-0.15, -0.1) is 0 Å². The van der Waals surface area contributed by atoms with Gasteiger partial charge < -0.3 is 9.64 Å². The summed E-state index contributed by atoms with van der Waals surface area (Å²) in [6.45, 7) is 1.03. The van der Waals surface area contributed by atoms with Gasteiger partial charge in [-0.3, -0.25) is 4.79 Å². The third kappa shape index (κ3) is 4.36. The van der Waals surface area contributed by atoms with Crippen LogP contribution in [0, 0.1) is 11.6 Å². The minimum Gasteiger partial charge on any atom is -0.383 e. The fraction of sp³-hybridized carbons (Fsp3) is 0.235. The maximum Gasteiger partial charge on any atom is 0.254 e. The normalized spacial score (nSPS) is 10.5. The summed E-state index contributed by atoms with van der Waals surface area (Å²) in [5.41, 5.74) is 0.924. The second-order valence-electron chi connectivity index (χ2n) is 4.86. The van der Waals surface area contributed by atoms with Crippen LogP contribution in [0.4, 0.5) is 8.78 Å². The van der Waals surface area contributed by atoms with Crippen LogP contribution >= 0.6 is 0 Å². The van der Waals surface area contributed by atoms with Gasteiger partial charge in [0.25, 0.3) is 5.91 Å². The van der Waals surface area contributed by atoms with Gasteiger partial charge in [0.15, 0.2) is 0 Å². The molecule has 116 valence electrons. The molecule has 0 spiro atoms. The van der Waals surface area contributed by atoms with Gasteiger partial charge in [-0.2, -0.15) is 0 Å².